The van der Waals surface area contributed by atoms with E-state index in [1.807, 2.05) is 41.5 Å². The van der Waals surface area contributed by atoms with Crippen LogP contribution >= 0.6 is 0 Å². The molecular formula is C20H32N4O4. The molecule has 0 aliphatic carbocycles. The first-order chi connectivity index (χ1) is 12.5. The lowest BCUT2D eigenvalue weighted by Crippen LogP contribution is -2.16. The van der Waals surface area contributed by atoms with Crippen LogP contribution in [0.5, 0.6) is 11.8 Å². The Morgan fingerprint density at radius 3 is 1.11 bits per heavy atom. The summed E-state index contributed by atoms with van der Waals surface area (Å²) in [6, 6.07) is 0. The summed E-state index contributed by atoms with van der Waals surface area (Å²) >= 11 is 0. The summed E-state index contributed by atoms with van der Waals surface area (Å²) in [7, 11) is 3.24. The van der Waals surface area contributed by atoms with Gasteiger partial charge >= 0.3 is 0 Å². The maximum absolute atomic E-state index is 11.3. The number of hydrogen-bond donors (Lipinski definition) is 2. The van der Waals surface area contributed by atoms with Gasteiger partial charge in [0.25, 0.3) is 0 Å². The number of aryl methyl sites for hydroxylation is 2. The summed E-state index contributed by atoms with van der Waals surface area (Å²) in [4.78, 5) is 22.7. The van der Waals surface area contributed by atoms with Crippen molar-refractivity contribution in [2.75, 3.05) is 0 Å². The van der Waals surface area contributed by atoms with Crippen LogP contribution in [0.2, 0.25) is 0 Å². The summed E-state index contributed by atoms with van der Waals surface area (Å²) in [5.74, 6) is -0.411. The molecule has 2 aromatic heterocycles. The first-order valence-electron chi connectivity index (χ1n) is 9.04. The third-order valence-corrected chi connectivity index (χ3v) is 4.16. The van der Waals surface area contributed by atoms with Crippen LogP contribution in [-0.2, 0) is 24.9 Å². The highest BCUT2D eigenvalue weighted by Gasteiger charge is 2.29. The number of aromatic hydroxyl groups is 2. The van der Waals surface area contributed by atoms with Crippen molar-refractivity contribution in [2.45, 2.75) is 66.2 Å². The van der Waals surface area contributed by atoms with Gasteiger partial charge in [0.15, 0.2) is 11.6 Å². The number of aromatic nitrogens is 4. The average Bonchev–Trinajstić information content (AvgIpc) is 2.97. The van der Waals surface area contributed by atoms with Crippen molar-refractivity contribution >= 4 is 11.6 Å². The van der Waals surface area contributed by atoms with Gasteiger partial charge in [-0.1, -0.05) is 41.5 Å². The Bertz CT molecular complexity index is 819. The molecule has 0 atom stereocenters. The molecule has 0 bridgehead atoms. The summed E-state index contributed by atoms with van der Waals surface area (Å²) in [6.07, 6.45) is 0. The SMILES string of the molecule is CC(=O)c1c(C(C)(C)C)nn(C)c1O.CC(=O)c1c(C(C)(C)C)nn(C)c1O. The van der Waals surface area contributed by atoms with Gasteiger partial charge in [0.05, 0.1) is 11.4 Å². The van der Waals surface area contributed by atoms with E-state index >= 15 is 0 Å². The van der Waals surface area contributed by atoms with Crippen LogP contribution in [0.25, 0.3) is 0 Å². The standard InChI is InChI=1S/2C10H16N2O2/c2*1-6(13)7-8(10(2,3)4)11-12(5)9(7)14/h2*14H,1-5H3. The van der Waals surface area contributed by atoms with Crippen LogP contribution < -0.4 is 0 Å². The maximum Gasteiger partial charge on any atom is 0.220 e. The predicted molar refractivity (Wildman–Crippen MR) is 107 cm³/mol. The predicted octanol–water partition coefficient (Wildman–Crippen LogP) is 3.25. The largest absolute Gasteiger partial charge is 0.493 e. The van der Waals surface area contributed by atoms with Crippen LogP contribution in [0.4, 0.5) is 0 Å². The van der Waals surface area contributed by atoms with Gasteiger partial charge in [-0.25, -0.2) is 9.36 Å². The number of ketones is 2. The topological polar surface area (TPSA) is 110 Å². The van der Waals surface area contributed by atoms with E-state index in [0.29, 0.717) is 22.5 Å². The molecule has 0 radical (unpaired) electrons. The molecule has 0 amide bonds. The van der Waals surface area contributed by atoms with Crippen LogP contribution in [0.1, 0.15) is 87.5 Å². The molecule has 0 aliphatic rings. The molecule has 8 nitrogen and oxygen atoms in total. The van der Waals surface area contributed by atoms with Gasteiger partial charge in [-0.3, -0.25) is 9.59 Å². The normalized spacial score (nSPS) is 11.8. The van der Waals surface area contributed by atoms with Crippen LogP contribution in [-0.4, -0.2) is 41.3 Å². The number of nitrogens with zero attached hydrogens (tertiary/aromatic N) is 4. The fourth-order valence-corrected chi connectivity index (χ4v) is 2.73. The zero-order valence-corrected chi connectivity index (χ0v) is 18.5. The van der Waals surface area contributed by atoms with Crippen LogP contribution in [0, 0.1) is 0 Å². The lowest BCUT2D eigenvalue weighted by atomic mass is 9.88. The molecule has 0 spiro atoms. The second-order valence-electron chi connectivity index (χ2n) is 8.95. The molecule has 2 aromatic rings. The molecule has 28 heavy (non-hydrogen) atoms. The molecule has 0 saturated carbocycles. The molecule has 2 heterocycles. The monoisotopic (exact) mass is 392 g/mol. The third kappa shape index (κ3) is 4.79. The lowest BCUT2D eigenvalue weighted by Gasteiger charge is -2.16. The van der Waals surface area contributed by atoms with E-state index in [-0.39, 0.29) is 34.2 Å². The Kier molecular flexibility index (Phi) is 6.49. The minimum Gasteiger partial charge on any atom is -0.493 e. The summed E-state index contributed by atoms with van der Waals surface area (Å²) in [5, 5.41) is 27.6. The van der Waals surface area contributed by atoms with Crippen molar-refractivity contribution < 1.29 is 19.8 Å². The zero-order chi connectivity index (χ0) is 22.2. The van der Waals surface area contributed by atoms with Gasteiger partial charge in [0.2, 0.25) is 11.8 Å². The molecular weight excluding hydrogens is 360 g/mol. The number of hydrogen-bond acceptors (Lipinski definition) is 6. The molecule has 0 fully saturated rings. The Labute approximate surface area is 166 Å². The van der Waals surface area contributed by atoms with Crippen LogP contribution in [0.3, 0.4) is 0 Å². The van der Waals surface area contributed by atoms with E-state index in [2.05, 4.69) is 10.2 Å². The molecule has 0 unspecified atom stereocenters. The second kappa shape index (κ2) is 7.77. The van der Waals surface area contributed by atoms with Gasteiger partial charge in [-0.05, 0) is 13.8 Å². The molecule has 2 N–H and O–H groups in total. The second-order valence-corrected chi connectivity index (χ2v) is 8.95. The highest BCUT2D eigenvalue weighted by atomic mass is 16.3. The van der Waals surface area contributed by atoms with E-state index in [9.17, 15) is 19.8 Å². The molecule has 2 rings (SSSR count). The van der Waals surface area contributed by atoms with Crippen molar-refractivity contribution in [3.8, 4) is 11.8 Å². The number of rotatable bonds is 2. The van der Waals surface area contributed by atoms with Gasteiger partial charge in [0.1, 0.15) is 11.1 Å². The van der Waals surface area contributed by atoms with Crippen LogP contribution in [0.15, 0.2) is 0 Å². The Morgan fingerprint density at radius 2 is 0.964 bits per heavy atom. The van der Waals surface area contributed by atoms with Crippen molar-refractivity contribution in [1.82, 2.24) is 19.6 Å². The number of Topliss-reactive ketones (excluding diaryl/α,β-unsaturated/α-hetero) is 2. The van der Waals surface area contributed by atoms with E-state index in [1.54, 1.807) is 14.1 Å². The summed E-state index contributed by atoms with van der Waals surface area (Å²) in [6.45, 7) is 14.6. The van der Waals surface area contributed by atoms with Crippen molar-refractivity contribution in [3.63, 3.8) is 0 Å². The summed E-state index contributed by atoms with van der Waals surface area (Å²) < 4.78 is 2.66. The molecule has 8 heteroatoms. The fraction of sp³-hybridized carbons (Fsp3) is 0.600. The quantitative estimate of drug-likeness (QED) is 0.759. The van der Waals surface area contributed by atoms with E-state index in [4.69, 9.17) is 0 Å². The molecule has 0 aromatic carbocycles. The van der Waals surface area contributed by atoms with E-state index in [1.165, 1.54) is 23.2 Å². The highest BCUT2D eigenvalue weighted by molar-refractivity contribution is 5.98. The number of carbonyl (C=O) groups is 2. The Hall–Kier alpha value is -2.64. The zero-order valence-electron chi connectivity index (χ0n) is 18.5. The van der Waals surface area contributed by atoms with E-state index < -0.39 is 0 Å². The smallest absolute Gasteiger partial charge is 0.220 e. The van der Waals surface area contributed by atoms with Crippen molar-refractivity contribution in [2.24, 2.45) is 14.1 Å². The Morgan fingerprint density at radius 1 is 0.714 bits per heavy atom. The fourth-order valence-electron chi connectivity index (χ4n) is 2.73. The highest BCUT2D eigenvalue weighted by Crippen LogP contribution is 2.31. The first kappa shape index (κ1) is 23.4. The van der Waals surface area contributed by atoms with Gasteiger partial charge in [-0.15, -0.1) is 0 Å². The molecule has 156 valence electrons. The minimum absolute atomic E-state index is 0.0533. The van der Waals surface area contributed by atoms with Crippen molar-refractivity contribution in [1.29, 1.82) is 0 Å². The van der Waals surface area contributed by atoms with Gasteiger partial charge in [-0.2, -0.15) is 10.2 Å². The average molecular weight is 393 g/mol. The van der Waals surface area contributed by atoms with E-state index in [0.717, 1.165) is 0 Å². The maximum atomic E-state index is 11.3. The minimum atomic E-state index is -0.236. The Balaban J connectivity index is 0.000000280. The molecule has 0 aliphatic heterocycles. The van der Waals surface area contributed by atoms with Gasteiger partial charge < -0.3 is 10.2 Å². The number of carbonyl (C=O) groups excluding carboxylic acids is 2. The van der Waals surface area contributed by atoms with Gasteiger partial charge in [0, 0.05) is 24.9 Å². The lowest BCUT2D eigenvalue weighted by molar-refractivity contribution is 0.0999. The first-order valence-corrected chi connectivity index (χ1v) is 9.04. The molecule has 0 saturated heterocycles. The third-order valence-electron chi connectivity index (χ3n) is 4.16. The van der Waals surface area contributed by atoms with Crippen molar-refractivity contribution in [3.05, 3.63) is 22.5 Å². The summed E-state index contributed by atoms with van der Waals surface area (Å²) in [5.41, 5.74) is 1.48.